The molecule has 0 aliphatic rings. The molecule has 0 fully saturated rings. The summed E-state index contributed by atoms with van der Waals surface area (Å²) in [6.07, 6.45) is 0. The Kier molecular flexibility index (Phi) is 5.45. The Morgan fingerprint density at radius 3 is 2.58 bits per heavy atom. The summed E-state index contributed by atoms with van der Waals surface area (Å²) in [6.45, 7) is 9.65. The number of furan rings is 1. The van der Waals surface area contributed by atoms with E-state index in [2.05, 4.69) is 4.72 Å². The predicted octanol–water partition coefficient (Wildman–Crippen LogP) is 4.77. The summed E-state index contributed by atoms with van der Waals surface area (Å²) in [7, 11) is 1.70. The van der Waals surface area contributed by atoms with E-state index in [1.165, 1.54) is 4.57 Å². The van der Waals surface area contributed by atoms with Crippen molar-refractivity contribution in [3.05, 3.63) is 63.9 Å². The van der Waals surface area contributed by atoms with Crippen molar-refractivity contribution in [3.8, 4) is 11.6 Å². The van der Waals surface area contributed by atoms with E-state index < -0.39 is 16.1 Å². The summed E-state index contributed by atoms with van der Waals surface area (Å²) in [5.41, 5.74) is 2.98. The third-order valence-electron chi connectivity index (χ3n) is 5.31. The summed E-state index contributed by atoms with van der Waals surface area (Å²) in [5.74, 6) is 0.996. The highest BCUT2D eigenvalue weighted by Crippen LogP contribution is 2.30. The van der Waals surface area contributed by atoms with Crippen molar-refractivity contribution >= 4 is 33.2 Å². The van der Waals surface area contributed by atoms with E-state index in [9.17, 15) is 9.35 Å². The van der Waals surface area contributed by atoms with E-state index in [0.717, 1.165) is 22.1 Å². The van der Waals surface area contributed by atoms with E-state index in [1.807, 2.05) is 77.1 Å². The van der Waals surface area contributed by atoms with Gasteiger partial charge in [0.1, 0.15) is 10.3 Å². The summed E-state index contributed by atoms with van der Waals surface area (Å²) in [5, 5.41) is 1.49. The molecule has 0 aliphatic carbocycles. The molecular formula is C24H27N3O3S. The van der Waals surface area contributed by atoms with Gasteiger partial charge in [-0.1, -0.05) is 24.3 Å². The first-order valence-electron chi connectivity index (χ1n) is 10.2. The Labute approximate surface area is 184 Å². The number of hydrogen-bond acceptors (Lipinski definition) is 5. The van der Waals surface area contributed by atoms with E-state index in [-0.39, 0.29) is 11.6 Å². The molecule has 1 unspecified atom stereocenters. The zero-order valence-corrected chi connectivity index (χ0v) is 19.5. The summed E-state index contributed by atoms with van der Waals surface area (Å²) < 4.78 is 22.9. The highest BCUT2D eigenvalue weighted by Gasteiger charge is 2.29. The Balaban J connectivity index is 1.91. The minimum atomic E-state index is -1.26. The monoisotopic (exact) mass is 437 g/mol. The standard InChI is InChI=1S/C24H27N3O3S/c1-14-11-17(15(2)26-31(29)24(3,4)5)21-18(12-14)23(28)27(6)22(25-21)20-13-16-9-7-8-10-19(16)30-20/h7-13,15,26H,1-6H3/t15?,31-/m1/s1. The van der Waals surface area contributed by atoms with Crippen LogP contribution < -0.4 is 10.3 Å². The van der Waals surface area contributed by atoms with Crippen LogP contribution in [0.4, 0.5) is 0 Å². The molecule has 2 heterocycles. The predicted molar refractivity (Wildman–Crippen MR) is 126 cm³/mol. The fourth-order valence-corrected chi connectivity index (χ4v) is 4.40. The van der Waals surface area contributed by atoms with Gasteiger partial charge in [-0.05, 0) is 58.4 Å². The molecule has 2 aromatic carbocycles. The highest BCUT2D eigenvalue weighted by atomic mass is 32.2. The molecule has 2 aromatic heterocycles. The zero-order chi connectivity index (χ0) is 22.5. The fraction of sp³-hybridized carbons (Fsp3) is 0.333. The van der Waals surface area contributed by atoms with Gasteiger partial charge in [-0.2, -0.15) is 0 Å². The number of hydrogen-bond donors (Lipinski definition) is 1. The molecule has 7 heteroatoms. The van der Waals surface area contributed by atoms with Crippen LogP contribution in [0.25, 0.3) is 33.5 Å². The quantitative estimate of drug-likeness (QED) is 0.465. The molecule has 0 saturated carbocycles. The Bertz CT molecular complexity index is 1300. The maximum absolute atomic E-state index is 13.2. The second-order valence-electron chi connectivity index (χ2n) is 8.92. The molecule has 0 bridgehead atoms. The number of rotatable bonds is 4. The SMILES string of the molecule is Cc1cc(C(C)N[S@+]([O-])C(C)(C)C)c2nc(-c3cc4ccccc4o3)n(C)c(=O)c2c1. The molecule has 0 amide bonds. The average molecular weight is 438 g/mol. The smallest absolute Gasteiger partial charge is 0.261 e. The Morgan fingerprint density at radius 2 is 1.90 bits per heavy atom. The van der Waals surface area contributed by atoms with E-state index in [0.29, 0.717) is 22.5 Å². The lowest BCUT2D eigenvalue weighted by molar-refractivity contribution is 0.531. The molecule has 4 rings (SSSR count). The van der Waals surface area contributed by atoms with Gasteiger partial charge in [0.05, 0.1) is 16.9 Å². The van der Waals surface area contributed by atoms with Crippen molar-refractivity contribution < 1.29 is 8.97 Å². The van der Waals surface area contributed by atoms with Crippen LogP contribution in [0.5, 0.6) is 0 Å². The number of benzene rings is 2. The summed E-state index contributed by atoms with van der Waals surface area (Å²) in [4.78, 5) is 18.1. The molecule has 162 valence electrons. The van der Waals surface area contributed by atoms with Crippen molar-refractivity contribution in [2.45, 2.75) is 45.4 Å². The van der Waals surface area contributed by atoms with Crippen LogP contribution in [0, 0.1) is 6.92 Å². The van der Waals surface area contributed by atoms with Crippen LogP contribution in [0.1, 0.15) is 44.9 Å². The maximum Gasteiger partial charge on any atom is 0.261 e. The molecule has 0 aliphatic heterocycles. The van der Waals surface area contributed by atoms with E-state index in [4.69, 9.17) is 9.40 Å². The number of aromatic nitrogens is 2. The minimum Gasteiger partial charge on any atom is -0.598 e. The van der Waals surface area contributed by atoms with Gasteiger partial charge < -0.3 is 8.97 Å². The van der Waals surface area contributed by atoms with Gasteiger partial charge in [0, 0.05) is 29.4 Å². The third kappa shape index (κ3) is 4.01. The zero-order valence-electron chi connectivity index (χ0n) is 18.6. The van der Waals surface area contributed by atoms with Crippen LogP contribution in [0.15, 0.2) is 51.7 Å². The number of nitrogens with one attached hydrogen (secondary N) is 1. The van der Waals surface area contributed by atoms with Gasteiger partial charge in [0.15, 0.2) is 11.6 Å². The molecule has 31 heavy (non-hydrogen) atoms. The summed E-state index contributed by atoms with van der Waals surface area (Å²) in [6, 6.07) is 13.2. The number of aryl methyl sites for hydroxylation is 1. The van der Waals surface area contributed by atoms with Gasteiger partial charge in [-0.15, -0.1) is 4.72 Å². The lowest BCUT2D eigenvalue weighted by Crippen LogP contribution is -2.40. The number of nitrogens with zero attached hydrogens (tertiary/aromatic N) is 2. The molecule has 1 N–H and O–H groups in total. The largest absolute Gasteiger partial charge is 0.598 e. The third-order valence-corrected chi connectivity index (χ3v) is 6.99. The second-order valence-corrected chi connectivity index (χ2v) is 10.9. The van der Waals surface area contributed by atoms with Crippen molar-refractivity contribution in [2.75, 3.05) is 0 Å². The number of fused-ring (bicyclic) bond motifs is 2. The minimum absolute atomic E-state index is 0.144. The highest BCUT2D eigenvalue weighted by molar-refractivity contribution is 7.90. The molecule has 2 atom stereocenters. The first kappa shape index (κ1) is 21.6. The summed E-state index contributed by atoms with van der Waals surface area (Å²) >= 11 is -1.26. The van der Waals surface area contributed by atoms with Crippen LogP contribution in [0.2, 0.25) is 0 Å². The Hall–Kier alpha value is -2.61. The average Bonchev–Trinajstić information content (AvgIpc) is 3.13. The van der Waals surface area contributed by atoms with Gasteiger partial charge >= 0.3 is 0 Å². The maximum atomic E-state index is 13.2. The lowest BCUT2D eigenvalue weighted by Gasteiger charge is -2.27. The lowest BCUT2D eigenvalue weighted by atomic mass is 10.0. The van der Waals surface area contributed by atoms with Crippen molar-refractivity contribution in [1.82, 2.24) is 14.3 Å². The topological polar surface area (TPSA) is 83.1 Å². The van der Waals surface area contributed by atoms with Crippen LogP contribution in [-0.4, -0.2) is 18.9 Å². The van der Waals surface area contributed by atoms with Gasteiger partial charge in [0.2, 0.25) is 0 Å². The number of para-hydroxylation sites is 1. The normalized spacial score (nSPS) is 14.3. The molecule has 0 saturated heterocycles. The first-order valence-corrected chi connectivity index (χ1v) is 11.4. The molecule has 0 radical (unpaired) electrons. The van der Waals surface area contributed by atoms with E-state index in [1.54, 1.807) is 7.05 Å². The fourth-order valence-electron chi connectivity index (χ4n) is 3.60. The van der Waals surface area contributed by atoms with Crippen LogP contribution >= 0.6 is 0 Å². The van der Waals surface area contributed by atoms with Crippen LogP contribution in [0.3, 0.4) is 0 Å². The van der Waals surface area contributed by atoms with Crippen molar-refractivity contribution in [2.24, 2.45) is 7.05 Å². The molecule has 6 nitrogen and oxygen atoms in total. The van der Waals surface area contributed by atoms with Crippen LogP contribution in [-0.2, 0) is 18.4 Å². The van der Waals surface area contributed by atoms with E-state index >= 15 is 0 Å². The van der Waals surface area contributed by atoms with Crippen molar-refractivity contribution in [1.29, 1.82) is 0 Å². The Morgan fingerprint density at radius 1 is 1.19 bits per heavy atom. The molecule has 4 aromatic rings. The van der Waals surface area contributed by atoms with Gasteiger partial charge in [-0.3, -0.25) is 9.36 Å². The molecular weight excluding hydrogens is 410 g/mol. The second kappa shape index (κ2) is 7.82. The molecule has 0 spiro atoms. The van der Waals surface area contributed by atoms with Crippen molar-refractivity contribution in [3.63, 3.8) is 0 Å². The van der Waals surface area contributed by atoms with Gasteiger partial charge in [-0.25, -0.2) is 4.98 Å². The first-order chi connectivity index (χ1) is 14.6. The van der Waals surface area contributed by atoms with Gasteiger partial charge in [0.25, 0.3) is 5.56 Å².